The molecule has 2 fully saturated rings. The van der Waals surface area contributed by atoms with Crippen LogP contribution < -0.4 is 4.90 Å². The highest BCUT2D eigenvalue weighted by molar-refractivity contribution is 7.88. The van der Waals surface area contributed by atoms with Gasteiger partial charge in [-0.05, 0) is 37.1 Å². The van der Waals surface area contributed by atoms with Crippen LogP contribution in [-0.4, -0.2) is 101 Å². The summed E-state index contributed by atoms with van der Waals surface area (Å²) in [7, 11) is -3.26. The highest BCUT2D eigenvalue weighted by atomic mass is 32.2. The molecule has 0 radical (unpaired) electrons. The molecule has 216 valence electrons. The number of carbonyl (C=O) groups excluding carboxylic acids is 1. The summed E-state index contributed by atoms with van der Waals surface area (Å²) in [5, 5.41) is 7.12. The number of anilines is 1. The summed E-state index contributed by atoms with van der Waals surface area (Å²) < 4.78 is 59.4. The van der Waals surface area contributed by atoms with Crippen molar-refractivity contribution in [1.82, 2.24) is 23.6 Å². The molecule has 40 heavy (non-hydrogen) atoms. The third-order valence-electron chi connectivity index (χ3n) is 6.83. The molecule has 3 aromatic rings. The lowest BCUT2D eigenvalue weighted by atomic mass is 9.99. The van der Waals surface area contributed by atoms with Crippen molar-refractivity contribution in [3.8, 4) is 0 Å². The van der Waals surface area contributed by atoms with Gasteiger partial charge in [0.05, 0.1) is 11.8 Å². The Morgan fingerprint density at radius 3 is 2.27 bits per heavy atom. The predicted molar refractivity (Wildman–Crippen MR) is 140 cm³/mol. The first-order valence-electron chi connectivity index (χ1n) is 12.5. The van der Waals surface area contributed by atoms with Crippen LogP contribution in [0.15, 0.2) is 48.9 Å². The third kappa shape index (κ3) is 6.70. The van der Waals surface area contributed by atoms with Crippen molar-refractivity contribution >= 4 is 33.1 Å². The highest BCUT2D eigenvalue weighted by Gasteiger charge is 2.38. The lowest BCUT2D eigenvalue weighted by Gasteiger charge is -2.35. The van der Waals surface area contributed by atoms with Gasteiger partial charge in [0.2, 0.25) is 10.0 Å². The van der Waals surface area contributed by atoms with E-state index in [1.165, 1.54) is 10.6 Å². The van der Waals surface area contributed by atoms with E-state index >= 15 is 0 Å². The number of piperidine rings is 1. The number of halogens is 3. The van der Waals surface area contributed by atoms with E-state index in [1.807, 2.05) is 45.8 Å². The summed E-state index contributed by atoms with van der Waals surface area (Å²) in [4.78, 5) is 35.4. The highest BCUT2D eigenvalue weighted by Crippen LogP contribution is 2.30. The number of piperazine rings is 1. The molecular formula is C25H29F3N6O5S. The van der Waals surface area contributed by atoms with E-state index in [-0.39, 0.29) is 11.8 Å². The molecule has 0 spiro atoms. The molecule has 1 N–H and O–H groups in total. The van der Waals surface area contributed by atoms with Gasteiger partial charge in [0.1, 0.15) is 5.82 Å². The Morgan fingerprint density at radius 2 is 1.68 bits per heavy atom. The standard InChI is InChI=1S/C23H28N6O3S.C2HF3O2/c1-33(31,32)28-11-4-5-18(17-28)22-25-21(20-6-2-3-12-29(20)22)23(30)27-15-13-26(14-16-27)19-7-9-24-10-8-19;3-2(4,5)1(6)7/h2-3,6-10,12,18H,4-5,11,13-17H2,1H3;(H,6,7). The second-order valence-electron chi connectivity index (χ2n) is 9.52. The SMILES string of the molecule is CS(=O)(=O)N1CCCC(c2nc(C(=O)N3CCN(c4ccncc4)CC3)c3ccccn23)C1.O=C(O)C(F)(F)F. The second-order valence-corrected chi connectivity index (χ2v) is 11.5. The molecule has 1 unspecified atom stereocenters. The lowest BCUT2D eigenvalue weighted by Crippen LogP contribution is -2.49. The number of carbonyl (C=O) groups is 2. The van der Waals surface area contributed by atoms with Gasteiger partial charge in [-0.25, -0.2) is 22.5 Å². The molecule has 3 aromatic heterocycles. The molecule has 5 rings (SSSR count). The average molecular weight is 583 g/mol. The molecule has 1 amide bonds. The number of amides is 1. The molecule has 0 bridgehead atoms. The second kappa shape index (κ2) is 11.8. The number of hydrogen-bond donors (Lipinski definition) is 1. The monoisotopic (exact) mass is 582 g/mol. The number of carboxylic acids is 1. The van der Waals surface area contributed by atoms with Crippen molar-refractivity contribution in [2.75, 3.05) is 50.4 Å². The molecule has 1 atom stereocenters. The van der Waals surface area contributed by atoms with Crippen molar-refractivity contribution in [2.45, 2.75) is 24.9 Å². The number of imidazole rings is 1. The van der Waals surface area contributed by atoms with E-state index < -0.39 is 22.2 Å². The summed E-state index contributed by atoms with van der Waals surface area (Å²) in [5.74, 6) is -2.12. The molecule has 0 aromatic carbocycles. The largest absolute Gasteiger partial charge is 0.490 e. The van der Waals surface area contributed by atoms with E-state index in [0.29, 0.717) is 31.9 Å². The summed E-state index contributed by atoms with van der Waals surface area (Å²) >= 11 is 0. The van der Waals surface area contributed by atoms with Gasteiger partial charge < -0.3 is 19.3 Å². The maximum Gasteiger partial charge on any atom is 0.490 e. The van der Waals surface area contributed by atoms with Crippen LogP contribution in [0.25, 0.3) is 5.52 Å². The molecule has 11 nitrogen and oxygen atoms in total. The van der Waals surface area contributed by atoms with Crippen LogP contribution in [0.3, 0.4) is 0 Å². The molecule has 2 aliphatic rings. The van der Waals surface area contributed by atoms with Crippen molar-refractivity contribution in [2.24, 2.45) is 0 Å². The maximum absolute atomic E-state index is 13.5. The summed E-state index contributed by atoms with van der Waals surface area (Å²) in [6.45, 7) is 3.67. The predicted octanol–water partition coefficient (Wildman–Crippen LogP) is 2.46. The third-order valence-corrected chi connectivity index (χ3v) is 8.10. The van der Waals surface area contributed by atoms with Crippen LogP contribution in [0.2, 0.25) is 0 Å². The van der Waals surface area contributed by atoms with Crippen molar-refractivity contribution in [1.29, 1.82) is 0 Å². The van der Waals surface area contributed by atoms with Crippen LogP contribution >= 0.6 is 0 Å². The van der Waals surface area contributed by atoms with Crippen LogP contribution in [0, 0.1) is 0 Å². The van der Waals surface area contributed by atoms with Gasteiger partial charge >= 0.3 is 12.1 Å². The zero-order chi connectivity index (χ0) is 29.1. The average Bonchev–Trinajstić information content (AvgIpc) is 3.32. The normalized spacial score (nSPS) is 18.8. The number of fused-ring (bicyclic) bond motifs is 1. The topological polar surface area (TPSA) is 128 Å². The van der Waals surface area contributed by atoms with E-state index in [0.717, 1.165) is 43.0 Å². The van der Waals surface area contributed by atoms with E-state index in [9.17, 15) is 26.4 Å². The number of carboxylic acid groups (broad SMARTS) is 1. The van der Waals surface area contributed by atoms with Crippen molar-refractivity contribution in [3.05, 3.63) is 60.4 Å². The number of aliphatic carboxylic acids is 1. The van der Waals surface area contributed by atoms with Crippen LogP contribution in [-0.2, 0) is 14.8 Å². The lowest BCUT2D eigenvalue weighted by molar-refractivity contribution is -0.192. The number of hydrogen-bond acceptors (Lipinski definition) is 7. The first-order chi connectivity index (χ1) is 18.9. The first-order valence-corrected chi connectivity index (χ1v) is 14.4. The molecular weight excluding hydrogens is 553 g/mol. The Bertz CT molecular complexity index is 1460. The van der Waals surface area contributed by atoms with Gasteiger partial charge in [-0.3, -0.25) is 9.78 Å². The first kappa shape index (κ1) is 29.3. The molecule has 2 aliphatic heterocycles. The van der Waals surface area contributed by atoms with Crippen molar-refractivity contribution < 1.29 is 36.3 Å². The zero-order valence-corrected chi connectivity index (χ0v) is 22.5. The maximum atomic E-state index is 13.5. The Morgan fingerprint density at radius 1 is 1.02 bits per heavy atom. The quantitative estimate of drug-likeness (QED) is 0.497. The number of sulfonamides is 1. The Balaban J connectivity index is 0.000000470. The molecule has 2 saturated heterocycles. The number of pyridine rings is 2. The van der Waals surface area contributed by atoms with Gasteiger partial charge in [-0.15, -0.1) is 0 Å². The smallest absolute Gasteiger partial charge is 0.475 e. The van der Waals surface area contributed by atoms with Gasteiger partial charge in [-0.2, -0.15) is 13.2 Å². The number of nitrogens with zero attached hydrogens (tertiary/aromatic N) is 6. The Labute approximate surface area is 228 Å². The summed E-state index contributed by atoms with van der Waals surface area (Å²) in [6, 6.07) is 9.70. The van der Waals surface area contributed by atoms with Crippen LogP contribution in [0.4, 0.5) is 18.9 Å². The zero-order valence-electron chi connectivity index (χ0n) is 21.7. The van der Waals surface area contributed by atoms with Gasteiger partial charge in [-0.1, -0.05) is 6.07 Å². The van der Waals surface area contributed by atoms with E-state index in [1.54, 1.807) is 12.4 Å². The number of rotatable bonds is 4. The molecule has 0 saturated carbocycles. The fourth-order valence-electron chi connectivity index (χ4n) is 4.83. The van der Waals surface area contributed by atoms with E-state index in [2.05, 4.69) is 9.88 Å². The minimum absolute atomic E-state index is 0.0477. The fraction of sp³-hybridized carbons (Fsp3) is 0.440. The summed E-state index contributed by atoms with van der Waals surface area (Å²) in [6.07, 6.45) is 3.26. The van der Waals surface area contributed by atoms with Crippen molar-refractivity contribution in [3.63, 3.8) is 0 Å². The van der Waals surface area contributed by atoms with E-state index in [4.69, 9.17) is 14.9 Å². The van der Waals surface area contributed by atoms with Gasteiger partial charge in [0, 0.05) is 69.5 Å². The van der Waals surface area contributed by atoms with Gasteiger partial charge in [0.25, 0.3) is 5.91 Å². The fourth-order valence-corrected chi connectivity index (χ4v) is 5.75. The molecule has 0 aliphatic carbocycles. The number of aromatic nitrogens is 3. The summed E-state index contributed by atoms with van der Waals surface area (Å²) in [5.41, 5.74) is 2.32. The Hall–Kier alpha value is -3.72. The van der Waals surface area contributed by atoms with Crippen LogP contribution in [0.5, 0.6) is 0 Å². The minimum Gasteiger partial charge on any atom is -0.475 e. The molecule has 15 heteroatoms. The Kier molecular flexibility index (Phi) is 8.63. The minimum atomic E-state index is -5.08. The van der Waals surface area contributed by atoms with Crippen LogP contribution in [0.1, 0.15) is 35.1 Å². The van der Waals surface area contributed by atoms with Gasteiger partial charge in [0.15, 0.2) is 5.69 Å². The number of alkyl halides is 3. The molecule has 5 heterocycles.